The first-order valence-electron chi connectivity index (χ1n) is 48.2. The molecule has 12 atom stereocenters. The molecule has 4 fully saturated rings. The smallest absolute Gasteiger partial charge is 0.317 e. The number of rotatable bonds is 74. The fraction of sp³-hybridized carbons (Fsp3) is 0.957. The number of hydrogen-bond acceptors (Lipinski definition) is 15. The summed E-state index contributed by atoms with van der Waals surface area (Å²) in [5.41, 5.74) is 0. The van der Waals surface area contributed by atoms with E-state index in [0.29, 0.717) is 26.4 Å². The van der Waals surface area contributed by atoms with Crippen LogP contribution in [0.3, 0.4) is 0 Å². The number of unbranched alkanes of at least 4 members (excludes halogenated alkanes) is 52. The number of piperidine rings is 1. The molecular weight excluding hydrogens is 1400 g/mol. The van der Waals surface area contributed by atoms with Crippen molar-refractivity contribution in [2.45, 2.75) is 526 Å². The number of nitrogens with one attached hydrogen (secondary N) is 2. The Morgan fingerprint density at radius 2 is 0.667 bits per heavy atom. The summed E-state index contributed by atoms with van der Waals surface area (Å²) < 4.78 is 68.3. The average Bonchev–Trinajstić information content (AvgIpc) is 0.735. The molecule has 0 spiro atoms. The molecule has 652 valence electrons. The first kappa shape index (κ1) is 101. The third kappa shape index (κ3) is 50.0. The van der Waals surface area contributed by atoms with Gasteiger partial charge in [-0.3, -0.25) is 19.3 Å². The van der Waals surface area contributed by atoms with Crippen molar-refractivity contribution in [3.05, 3.63) is 0 Å². The Morgan fingerprint density at radius 3 is 1.05 bits per heavy atom. The quantitative estimate of drug-likeness (QED) is 0.0332. The third-order valence-electron chi connectivity index (χ3n) is 24.1. The van der Waals surface area contributed by atoms with E-state index in [2.05, 4.69) is 43.2 Å². The van der Waals surface area contributed by atoms with E-state index >= 15 is 0 Å². The van der Waals surface area contributed by atoms with Crippen LogP contribution in [-0.2, 0) is 61.8 Å². The Kier molecular flexibility index (Phi) is 63.9. The van der Waals surface area contributed by atoms with E-state index in [1.807, 2.05) is 0 Å². The van der Waals surface area contributed by atoms with Gasteiger partial charge in [-0.25, -0.2) is 4.79 Å². The monoisotopic (exact) mass is 1570 g/mol. The van der Waals surface area contributed by atoms with Crippen LogP contribution in [-0.4, -0.2) is 155 Å². The van der Waals surface area contributed by atoms with Crippen LogP contribution < -0.4 is 10.6 Å². The van der Waals surface area contributed by atoms with Crippen molar-refractivity contribution in [1.82, 2.24) is 15.5 Å². The number of carbonyl (C=O) groups excluding carboxylic acids is 4. The van der Waals surface area contributed by atoms with Crippen LogP contribution in [0.1, 0.15) is 453 Å². The molecule has 17 heteroatoms. The van der Waals surface area contributed by atoms with Crippen LogP contribution in [0.2, 0.25) is 0 Å². The molecule has 2 amide bonds. The molecule has 1 saturated carbocycles. The molecule has 0 bridgehead atoms. The van der Waals surface area contributed by atoms with E-state index in [1.54, 1.807) is 0 Å². The number of likely N-dealkylation sites (tertiary alicyclic amines) is 1. The van der Waals surface area contributed by atoms with Gasteiger partial charge in [0.05, 0.1) is 6.61 Å². The number of ether oxygens (including phenoxy) is 10. The Balaban J connectivity index is 1.67. The van der Waals surface area contributed by atoms with Gasteiger partial charge in [0.25, 0.3) is 0 Å². The maximum Gasteiger partial charge on any atom is 0.317 e. The number of nitrogens with zero attached hydrogens (tertiary/aromatic N) is 1. The Hall–Kier alpha value is -2.64. The first-order chi connectivity index (χ1) is 54.5. The number of urea groups is 1. The van der Waals surface area contributed by atoms with Crippen molar-refractivity contribution in [3.63, 3.8) is 0 Å². The molecule has 0 radical (unpaired) electrons. The topological polar surface area (TPSA) is 188 Å². The minimum Gasteiger partial charge on any atom is -0.463 e. The van der Waals surface area contributed by atoms with Gasteiger partial charge in [0.1, 0.15) is 43.2 Å². The highest BCUT2D eigenvalue weighted by molar-refractivity contribution is 5.75. The maximum absolute atomic E-state index is 14.5. The molecule has 2 unspecified atom stereocenters. The Morgan fingerprint density at radius 1 is 0.324 bits per heavy atom. The van der Waals surface area contributed by atoms with Gasteiger partial charge in [0, 0.05) is 59.3 Å². The van der Waals surface area contributed by atoms with Gasteiger partial charge < -0.3 is 58.0 Å². The van der Waals surface area contributed by atoms with E-state index in [0.717, 1.165) is 122 Å². The van der Waals surface area contributed by atoms with Gasteiger partial charge in [-0.2, -0.15) is 0 Å². The van der Waals surface area contributed by atoms with Crippen molar-refractivity contribution < 1.29 is 66.5 Å². The summed E-state index contributed by atoms with van der Waals surface area (Å²) in [7, 11) is 0. The predicted octanol–water partition coefficient (Wildman–Crippen LogP) is 24.4. The summed E-state index contributed by atoms with van der Waals surface area (Å²) in [5.74, 6) is -1.93. The van der Waals surface area contributed by atoms with Crippen molar-refractivity contribution >= 4 is 23.9 Å². The standard InChI is InChI=1S/C94H177N3O14/c1-8-12-16-20-24-28-32-36-40-44-48-52-56-65-73-102-77-84-86(103-74-66-57-53-49-45-41-37-33-29-25-21-17-13-9-2)88(104-75-67-58-54-50-46-42-38-34-30-26-22-18-14-10-3)91(105-76-68-59-55-51-47-43-39-35-31-27-23-19-15-11-4)93(110-84)111-87-85(78-106-79(5)98)109-92(90(108-81(7)100)89(87)107-80(6)99)96-94(101)95-82-69-61-62-70-83(82)97-71-63-60-64-72-97/h82-93H,8-78H2,1-7H3,(H2,95,96,101)/t82?,83?,84-,85-,86-,87-,88+,89+,90-,91-,92-,93+/m1/s1. The number of hydrogen-bond donors (Lipinski definition) is 2. The summed E-state index contributed by atoms with van der Waals surface area (Å²) >= 11 is 0. The Bertz CT molecular complexity index is 2160. The molecule has 0 aromatic heterocycles. The van der Waals surface area contributed by atoms with E-state index in [1.165, 1.54) is 316 Å². The summed E-state index contributed by atoms with van der Waals surface area (Å²) in [6, 6.07) is -0.451. The minimum atomic E-state index is -1.41. The van der Waals surface area contributed by atoms with Gasteiger partial charge in [0.15, 0.2) is 24.7 Å². The normalized spacial score (nSPS) is 23.1. The van der Waals surface area contributed by atoms with Gasteiger partial charge in [-0.1, -0.05) is 381 Å². The highest BCUT2D eigenvalue weighted by Gasteiger charge is 2.56. The molecule has 0 aromatic rings. The zero-order valence-corrected chi connectivity index (χ0v) is 73.3. The van der Waals surface area contributed by atoms with Gasteiger partial charge in [-0.15, -0.1) is 0 Å². The summed E-state index contributed by atoms with van der Waals surface area (Å²) in [4.78, 5) is 57.2. The molecule has 0 aromatic carbocycles. The molecule has 111 heavy (non-hydrogen) atoms. The zero-order chi connectivity index (χ0) is 79.5. The second-order valence-electron chi connectivity index (χ2n) is 34.3. The van der Waals surface area contributed by atoms with Gasteiger partial charge in [-0.05, 0) is 64.5 Å². The fourth-order valence-corrected chi connectivity index (χ4v) is 17.5. The highest BCUT2D eigenvalue weighted by atomic mass is 16.7. The largest absolute Gasteiger partial charge is 0.463 e. The Labute approximate surface area is 681 Å². The molecule has 17 nitrogen and oxygen atoms in total. The second kappa shape index (κ2) is 70.4. The van der Waals surface area contributed by atoms with Gasteiger partial charge >= 0.3 is 23.9 Å². The molecule has 1 aliphatic carbocycles. The van der Waals surface area contributed by atoms with E-state index < -0.39 is 85.3 Å². The zero-order valence-electron chi connectivity index (χ0n) is 73.3. The van der Waals surface area contributed by atoms with Crippen LogP contribution >= 0.6 is 0 Å². The minimum absolute atomic E-state index is 0.123. The van der Waals surface area contributed by atoms with Crippen LogP contribution in [0.15, 0.2) is 0 Å². The lowest BCUT2D eigenvalue weighted by Gasteiger charge is -2.50. The average molecular weight is 1570 g/mol. The molecule has 4 rings (SSSR count). The van der Waals surface area contributed by atoms with E-state index in [4.69, 9.17) is 47.4 Å². The van der Waals surface area contributed by atoms with E-state index in [9.17, 15) is 19.2 Å². The predicted molar refractivity (Wildman–Crippen MR) is 454 cm³/mol. The maximum atomic E-state index is 14.5. The summed E-state index contributed by atoms with van der Waals surface area (Å²) in [5, 5.41) is 6.29. The molecule has 4 aliphatic rings. The van der Waals surface area contributed by atoms with Gasteiger partial charge in [0.2, 0.25) is 0 Å². The summed E-state index contributed by atoms with van der Waals surface area (Å²) in [6.45, 7) is 16.8. The highest BCUT2D eigenvalue weighted by Crippen LogP contribution is 2.37. The number of carbonyl (C=O) groups is 4. The molecule has 2 N–H and O–H groups in total. The third-order valence-corrected chi connectivity index (χ3v) is 24.1. The number of esters is 3. The SMILES string of the molecule is CCCCCCCCCCCCCCCCOC[C@H]1O[C@@H](O[C@H]2[C@H](OC(C)=O)[C@@H](OC(C)=O)[C@H](NC(=O)NC3CCCCC3N3CCCCC3)O[C@@H]2COC(C)=O)[C@H](OCCCCCCCCCCCCCCCC)[C@@H](OCCCCCCCCCCCCCCCC)[C@@H]1OCCCCCCCCCCCCCCCC. The molecule has 3 saturated heterocycles. The summed E-state index contributed by atoms with van der Waals surface area (Å²) in [6.07, 6.45) is 66.9. The molecule has 3 heterocycles. The lowest BCUT2D eigenvalue weighted by atomic mass is 9.88. The molecule has 3 aliphatic heterocycles. The van der Waals surface area contributed by atoms with Crippen LogP contribution in [0.4, 0.5) is 4.79 Å². The fourth-order valence-electron chi connectivity index (χ4n) is 17.5. The lowest BCUT2D eigenvalue weighted by Crippen LogP contribution is -2.69. The van der Waals surface area contributed by atoms with Crippen molar-refractivity contribution in [3.8, 4) is 0 Å². The first-order valence-corrected chi connectivity index (χ1v) is 48.2. The van der Waals surface area contributed by atoms with Crippen molar-refractivity contribution in [1.29, 1.82) is 0 Å². The number of amides is 2. The van der Waals surface area contributed by atoms with Crippen LogP contribution in [0, 0.1) is 0 Å². The van der Waals surface area contributed by atoms with Crippen LogP contribution in [0.25, 0.3) is 0 Å². The van der Waals surface area contributed by atoms with Crippen molar-refractivity contribution in [2.75, 3.05) is 52.7 Å². The molecular formula is C94H177N3O14. The van der Waals surface area contributed by atoms with Crippen LogP contribution in [0.5, 0.6) is 0 Å². The second-order valence-corrected chi connectivity index (χ2v) is 34.3. The van der Waals surface area contributed by atoms with Crippen molar-refractivity contribution in [2.24, 2.45) is 0 Å². The lowest BCUT2D eigenvalue weighted by molar-refractivity contribution is -0.356. The van der Waals surface area contributed by atoms with E-state index in [-0.39, 0.29) is 25.3 Å².